The minimum atomic E-state index is -0.886. The zero-order valence-electron chi connectivity index (χ0n) is 17.5. The Labute approximate surface area is 183 Å². The largest absolute Gasteiger partial charge is 0.480 e. The van der Waals surface area contributed by atoms with E-state index in [1.54, 1.807) is 19.2 Å². The SMILES string of the molecule is CC(Oc1cc(-c2cc3n(n2)CC[C@@]32CCN(C(=O)O)C2)cnc1N)c1ncccc1F. The number of likely N-dealkylation sites (tertiary alicyclic amines) is 1. The lowest BCUT2D eigenvalue weighted by atomic mass is 9.82. The van der Waals surface area contributed by atoms with Crippen LogP contribution in [0.4, 0.5) is 15.0 Å². The third-order valence-electron chi connectivity index (χ3n) is 6.40. The van der Waals surface area contributed by atoms with Crippen LogP contribution in [0, 0.1) is 5.82 Å². The third kappa shape index (κ3) is 3.31. The van der Waals surface area contributed by atoms with E-state index in [0.29, 0.717) is 30.1 Å². The number of aryl methyl sites for hydroxylation is 1. The number of pyridine rings is 2. The summed E-state index contributed by atoms with van der Waals surface area (Å²) in [5.74, 6) is 0.0550. The van der Waals surface area contributed by atoms with E-state index in [1.165, 1.54) is 23.2 Å². The Bertz CT molecular complexity index is 1200. The van der Waals surface area contributed by atoms with Gasteiger partial charge in [0, 0.05) is 48.7 Å². The van der Waals surface area contributed by atoms with Gasteiger partial charge >= 0.3 is 6.09 Å². The molecule has 1 amide bonds. The highest BCUT2D eigenvalue weighted by atomic mass is 19.1. The molecule has 1 spiro atoms. The molecule has 9 nitrogen and oxygen atoms in total. The summed E-state index contributed by atoms with van der Waals surface area (Å²) < 4.78 is 21.9. The van der Waals surface area contributed by atoms with Crippen LogP contribution in [0.25, 0.3) is 11.3 Å². The zero-order chi connectivity index (χ0) is 22.5. The van der Waals surface area contributed by atoms with Crippen LogP contribution in [0.15, 0.2) is 36.7 Å². The number of aromatic nitrogens is 4. The van der Waals surface area contributed by atoms with Crippen molar-refractivity contribution in [2.45, 2.75) is 37.8 Å². The molecular formula is C22H23FN6O3. The van der Waals surface area contributed by atoms with Crippen LogP contribution in [0.5, 0.6) is 5.75 Å². The van der Waals surface area contributed by atoms with Crippen LogP contribution in [0.2, 0.25) is 0 Å². The highest BCUT2D eigenvalue weighted by Crippen LogP contribution is 2.44. The Morgan fingerprint density at radius 2 is 2.12 bits per heavy atom. The molecule has 0 bridgehead atoms. The number of rotatable bonds is 4. The third-order valence-corrected chi connectivity index (χ3v) is 6.40. The van der Waals surface area contributed by atoms with Crippen molar-refractivity contribution in [3.63, 3.8) is 0 Å². The highest BCUT2D eigenvalue weighted by Gasteiger charge is 2.47. The number of carboxylic acid groups (broad SMARTS) is 1. The molecule has 5 rings (SSSR count). The van der Waals surface area contributed by atoms with Gasteiger partial charge in [-0.05, 0) is 44.0 Å². The summed E-state index contributed by atoms with van der Waals surface area (Å²) in [5, 5.41) is 14.1. The van der Waals surface area contributed by atoms with Crippen molar-refractivity contribution in [2.75, 3.05) is 18.8 Å². The first-order valence-corrected chi connectivity index (χ1v) is 10.5. The van der Waals surface area contributed by atoms with Gasteiger partial charge in [0.05, 0.1) is 5.69 Å². The summed E-state index contributed by atoms with van der Waals surface area (Å²) >= 11 is 0. The Morgan fingerprint density at radius 1 is 1.31 bits per heavy atom. The van der Waals surface area contributed by atoms with Gasteiger partial charge in [0.1, 0.15) is 17.6 Å². The molecule has 2 atom stereocenters. The second-order valence-electron chi connectivity index (χ2n) is 8.36. The number of fused-ring (bicyclic) bond motifs is 2. The maximum atomic E-state index is 14.1. The van der Waals surface area contributed by atoms with Gasteiger partial charge in [0.15, 0.2) is 11.6 Å². The topological polar surface area (TPSA) is 119 Å². The fourth-order valence-corrected chi connectivity index (χ4v) is 4.68. The summed E-state index contributed by atoms with van der Waals surface area (Å²) in [6.07, 6.45) is 3.24. The Kier molecular flexibility index (Phi) is 4.72. The second kappa shape index (κ2) is 7.47. The van der Waals surface area contributed by atoms with Crippen LogP contribution in [-0.4, -0.2) is 48.9 Å². The minimum absolute atomic E-state index is 0.185. The molecule has 1 saturated heterocycles. The summed E-state index contributed by atoms with van der Waals surface area (Å²) in [4.78, 5) is 21.2. The standard InChI is InChI=1S/C22H23FN6O3/c1-13(19-15(23)3-2-6-25-19)32-17-9-14(11-26-20(17)24)16-10-18-22(5-8-29(18)27-16)4-7-28(12-22)21(30)31/h2-3,6,9-11,13H,4-5,7-8,12H2,1H3,(H2,24,26)(H,30,31)/t13?,22-/m1/s1. The summed E-state index contributed by atoms with van der Waals surface area (Å²) in [5.41, 5.74) is 8.46. The van der Waals surface area contributed by atoms with Crippen molar-refractivity contribution in [2.24, 2.45) is 0 Å². The Morgan fingerprint density at radius 3 is 2.88 bits per heavy atom. The predicted octanol–water partition coefficient (Wildman–Crippen LogP) is 3.23. The maximum Gasteiger partial charge on any atom is 0.407 e. The molecule has 0 aliphatic carbocycles. The van der Waals surface area contributed by atoms with Gasteiger partial charge in [-0.15, -0.1) is 0 Å². The normalized spacial score (nSPS) is 20.5. The zero-order valence-corrected chi connectivity index (χ0v) is 17.5. The molecule has 166 valence electrons. The molecule has 5 heterocycles. The van der Waals surface area contributed by atoms with E-state index < -0.39 is 18.0 Å². The van der Waals surface area contributed by atoms with Gasteiger partial charge in [0.2, 0.25) is 0 Å². The van der Waals surface area contributed by atoms with Crippen LogP contribution in [0.1, 0.15) is 37.3 Å². The molecule has 10 heteroatoms. The molecule has 1 fully saturated rings. The number of anilines is 1. The number of hydrogen-bond acceptors (Lipinski definition) is 6. The van der Waals surface area contributed by atoms with Crippen molar-refractivity contribution >= 4 is 11.9 Å². The molecule has 1 unspecified atom stereocenters. The molecule has 2 aliphatic heterocycles. The van der Waals surface area contributed by atoms with E-state index in [-0.39, 0.29) is 16.9 Å². The van der Waals surface area contributed by atoms with Gasteiger partial charge in [-0.1, -0.05) is 0 Å². The smallest absolute Gasteiger partial charge is 0.407 e. The van der Waals surface area contributed by atoms with Crippen molar-refractivity contribution in [3.05, 3.63) is 53.9 Å². The second-order valence-corrected chi connectivity index (χ2v) is 8.36. The monoisotopic (exact) mass is 438 g/mol. The van der Waals surface area contributed by atoms with Crippen molar-refractivity contribution in [1.82, 2.24) is 24.6 Å². The van der Waals surface area contributed by atoms with Crippen LogP contribution in [0.3, 0.4) is 0 Å². The first-order valence-electron chi connectivity index (χ1n) is 10.5. The van der Waals surface area contributed by atoms with Gasteiger partial charge in [-0.2, -0.15) is 5.10 Å². The predicted molar refractivity (Wildman–Crippen MR) is 114 cm³/mol. The molecule has 0 aromatic carbocycles. The van der Waals surface area contributed by atoms with Gasteiger partial charge in [-0.25, -0.2) is 14.2 Å². The lowest BCUT2D eigenvalue weighted by molar-refractivity contribution is 0.153. The number of amides is 1. The molecule has 32 heavy (non-hydrogen) atoms. The van der Waals surface area contributed by atoms with Crippen molar-refractivity contribution in [3.8, 4) is 17.0 Å². The molecule has 0 radical (unpaired) electrons. The lowest BCUT2D eigenvalue weighted by Gasteiger charge is -2.22. The van der Waals surface area contributed by atoms with Crippen LogP contribution in [-0.2, 0) is 12.0 Å². The average molecular weight is 438 g/mol. The minimum Gasteiger partial charge on any atom is -0.480 e. The fraction of sp³-hybridized carbons (Fsp3) is 0.364. The van der Waals surface area contributed by atoms with Crippen LogP contribution < -0.4 is 10.5 Å². The van der Waals surface area contributed by atoms with Gasteiger partial charge in [0.25, 0.3) is 0 Å². The van der Waals surface area contributed by atoms with E-state index in [4.69, 9.17) is 15.6 Å². The van der Waals surface area contributed by atoms with E-state index in [9.17, 15) is 14.3 Å². The number of nitrogens with zero attached hydrogens (tertiary/aromatic N) is 5. The van der Waals surface area contributed by atoms with Gasteiger partial charge in [-0.3, -0.25) is 9.67 Å². The first-order chi connectivity index (χ1) is 15.4. The Balaban J connectivity index is 1.42. The lowest BCUT2D eigenvalue weighted by Crippen LogP contribution is -2.32. The van der Waals surface area contributed by atoms with Crippen molar-refractivity contribution in [1.29, 1.82) is 0 Å². The number of nitrogen functional groups attached to an aromatic ring is 1. The van der Waals surface area contributed by atoms with E-state index in [1.807, 2.05) is 10.7 Å². The number of hydrogen-bond donors (Lipinski definition) is 2. The van der Waals surface area contributed by atoms with E-state index >= 15 is 0 Å². The average Bonchev–Trinajstić information content (AvgIpc) is 3.47. The fourth-order valence-electron chi connectivity index (χ4n) is 4.68. The Hall–Kier alpha value is -3.69. The quantitative estimate of drug-likeness (QED) is 0.642. The summed E-state index contributed by atoms with van der Waals surface area (Å²) in [7, 11) is 0. The summed E-state index contributed by atoms with van der Waals surface area (Å²) in [6, 6.07) is 6.59. The number of nitrogens with two attached hydrogens (primary N) is 1. The number of halogens is 1. The first kappa shape index (κ1) is 20.2. The van der Waals surface area contributed by atoms with Crippen molar-refractivity contribution < 1.29 is 19.0 Å². The molecular weight excluding hydrogens is 415 g/mol. The number of ether oxygens (including phenoxy) is 1. The van der Waals surface area contributed by atoms with Crippen LogP contribution >= 0.6 is 0 Å². The molecule has 3 aromatic rings. The molecule has 0 saturated carbocycles. The highest BCUT2D eigenvalue weighted by molar-refractivity contribution is 5.67. The molecule has 3 N–H and O–H groups in total. The van der Waals surface area contributed by atoms with Gasteiger partial charge < -0.3 is 20.5 Å². The molecule has 3 aromatic heterocycles. The number of carbonyl (C=O) groups is 1. The molecule has 2 aliphatic rings. The van der Waals surface area contributed by atoms with E-state index in [0.717, 1.165) is 25.1 Å². The maximum absolute atomic E-state index is 14.1. The van der Waals surface area contributed by atoms with E-state index in [2.05, 4.69) is 9.97 Å². The summed E-state index contributed by atoms with van der Waals surface area (Å²) in [6.45, 7) is 3.44.